The number of furan rings is 1. The van der Waals surface area contributed by atoms with E-state index in [0.29, 0.717) is 30.8 Å². The predicted octanol–water partition coefficient (Wildman–Crippen LogP) is 4.42. The van der Waals surface area contributed by atoms with Crippen LogP contribution in [0.3, 0.4) is 0 Å². The number of carbonyl (C=O) groups excluding carboxylic acids is 1. The Labute approximate surface area is 183 Å². The largest absolute Gasteiger partial charge is 0.459 e. The predicted molar refractivity (Wildman–Crippen MR) is 120 cm³/mol. The minimum Gasteiger partial charge on any atom is -0.459 e. The van der Waals surface area contributed by atoms with Crippen molar-refractivity contribution in [2.75, 3.05) is 13.1 Å². The summed E-state index contributed by atoms with van der Waals surface area (Å²) in [5.74, 6) is 0.653. The summed E-state index contributed by atoms with van der Waals surface area (Å²) in [5.41, 5.74) is 1.74. The van der Waals surface area contributed by atoms with Gasteiger partial charge in [0.25, 0.3) is 0 Å². The normalized spacial score (nSPS) is 16.3. The number of hydrogen-bond acceptors (Lipinski definition) is 4. The summed E-state index contributed by atoms with van der Waals surface area (Å²) in [7, 11) is -3.42. The van der Waals surface area contributed by atoms with Crippen molar-refractivity contribution in [2.24, 2.45) is 0 Å². The van der Waals surface area contributed by atoms with Crippen LogP contribution in [0.2, 0.25) is 0 Å². The van der Waals surface area contributed by atoms with Crippen molar-refractivity contribution in [1.82, 2.24) is 9.62 Å². The van der Waals surface area contributed by atoms with Gasteiger partial charge < -0.3 is 9.73 Å². The SMILES string of the molecule is CC(NC(=O)CCc1ccc(S(=O)(=O)N2CCCCC2)cc1)c1cc2ccccc2o1. The number of benzene rings is 2. The molecule has 1 aliphatic rings. The van der Waals surface area contributed by atoms with Gasteiger partial charge in [-0.25, -0.2) is 8.42 Å². The van der Waals surface area contributed by atoms with Crippen LogP contribution in [-0.4, -0.2) is 31.7 Å². The van der Waals surface area contributed by atoms with Crippen LogP contribution < -0.4 is 5.32 Å². The number of nitrogens with zero attached hydrogens (tertiary/aromatic N) is 1. The maximum atomic E-state index is 12.7. The fourth-order valence-electron chi connectivity index (χ4n) is 3.94. The lowest BCUT2D eigenvalue weighted by Gasteiger charge is -2.25. The first kappa shape index (κ1) is 21.6. The van der Waals surface area contributed by atoms with E-state index >= 15 is 0 Å². The van der Waals surface area contributed by atoms with E-state index < -0.39 is 10.0 Å². The van der Waals surface area contributed by atoms with E-state index in [0.717, 1.165) is 41.6 Å². The zero-order valence-electron chi connectivity index (χ0n) is 17.7. The summed E-state index contributed by atoms with van der Waals surface area (Å²) in [6.07, 6.45) is 3.78. The third-order valence-corrected chi connectivity index (χ3v) is 7.68. The molecule has 6 nitrogen and oxygen atoms in total. The van der Waals surface area contributed by atoms with Crippen molar-refractivity contribution >= 4 is 26.9 Å². The molecule has 2 aromatic carbocycles. The van der Waals surface area contributed by atoms with Crippen molar-refractivity contribution in [3.63, 3.8) is 0 Å². The van der Waals surface area contributed by atoms with Crippen molar-refractivity contribution in [2.45, 2.75) is 50.0 Å². The van der Waals surface area contributed by atoms with Gasteiger partial charge in [0, 0.05) is 24.9 Å². The van der Waals surface area contributed by atoms with Gasteiger partial charge >= 0.3 is 0 Å². The molecule has 1 aliphatic heterocycles. The number of hydrogen-bond donors (Lipinski definition) is 1. The molecule has 0 spiro atoms. The average molecular weight is 441 g/mol. The number of piperidine rings is 1. The Morgan fingerprint density at radius 3 is 2.48 bits per heavy atom. The van der Waals surface area contributed by atoms with Crippen LogP contribution >= 0.6 is 0 Å². The average Bonchev–Trinajstić information content (AvgIpc) is 3.23. The monoisotopic (exact) mass is 440 g/mol. The van der Waals surface area contributed by atoms with Crippen molar-refractivity contribution in [1.29, 1.82) is 0 Å². The lowest BCUT2D eigenvalue weighted by Crippen LogP contribution is -2.35. The summed E-state index contributed by atoms with van der Waals surface area (Å²) in [4.78, 5) is 12.7. The second-order valence-corrected chi connectivity index (χ2v) is 10.0. The van der Waals surface area contributed by atoms with Crippen LogP contribution in [0.5, 0.6) is 0 Å². The smallest absolute Gasteiger partial charge is 0.243 e. The lowest BCUT2D eigenvalue weighted by atomic mass is 10.1. The first-order valence-electron chi connectivity index (χ1n) is 10.8. The van der Waals surface area contributed by atoms with Gasteiger partial charge in [0.1, 0.15) is 11.3 Å². The Balaban J connectivity index is 1.32. The standard InChI is InChI=1S/C24H28N2O4S/c1-18(23-17-20-7-3-4-8-22(20)30-23)25-24(27)14-11-19-9-12-21(13-10-19)31(28,29)26-15-5-2-6-16-26/h3-4,7-10,12-13,17-18H,2,5-6,11,14-16H2,1H3,(H,25,27). The van der Waals surface area contributed by atoms with E-state index in [2.05, 4.69) is 5.32 Å². The molecule has 2 heterocycles. The van der Waals surface area contributed by atoms with Gasteiger partial charge in [0.2, 0.25) is 15.9 Å². The molecule has 164 valence electrons. The molecule has 1 atom stereocenters. The Morgan fingerprint density at radius 2 is 1.77 bits per heavy atom. The number of para-hydroxylation sites is 1. The number of amides is 1. The molecule has 7 heteroatoms. The van der Waals surface area contributed by atoms with Crippen LogP contribution in [0.25, 0.3) is 11.0 Å². The molecule has 1 unspecified atom stereocenters. The first-order valence-corrected chi connectivity index (χ1v) is 12.2. The number of nitrogens with one attached hydrogen (secondary N) is 1. The zero-order chi connectivity index (χ0) is 21.8. The van der Waals surface area contributed by atoms with Crippen LogP contribution in [0.4, 0.5) is 0 Å². The molecule has 1 amide bonds. The summed E-state index contributed by atoms with van der Waals surface area (Å²) in [6.45, 7) is 3.08. The lowest BCUT2D eigenvalue weighted by molar-refractivity contribution is -0.121. The van der Waals surface area contributed by atoms with Crippen molar-refractivity contribution in [3.05, 3.63) is 65.9 Å². The fraction of sp³-hybridized carbons (Fsp3) is 0.375. The maximum Gasteiger partial charge on any atom is 0.243 e. The highest BCUT2D eigenvalue weighted by atomic mass is 32.2. The topological polar surface area (TPSA) is 79.6 Å². The molecule has 4 rings (SSSR count). The number of rotatable bonds is 7. The molecule has 3 aromatic rings. The molecular formula is C24H28N2O4S. The highest BCUT2D eigenvalue weighted by Crippen LogP contribution is 2.24. The number of fused-ring (bicyclic) bond motifs is 1. The van der Waals surface area contributed by atoms with Gasteiger partial charge in [0.15, 0.2) is 0 Å². The summed E-state index contributed by atoms with van der Waals surface area (Å²) >= 11 is 0. The van der Waals surface area contributed by atoms with Crippen LogP contribution in [0.15, 0.2) is 63.9 Å². The highest BCUT2D eigenvalue weighted by molar-refractivity contribution is 7.89. The number of carbonyl (C=O) groups is 1. The Hall–Kier alpha value is -2.64. The molecule has 0 saturated carbocycles. The van der Waals surface area contributed by atoms with Gasteiger partial charge in [-0.15, -0.1) is 0 Å². The number of aryl methyl sites for hydroxylation is 1. The zero-order valence-corrected chi connectivity index (χ0v) is 18.5. The Bertz CT molecular complexity index is 1110. The van der Waals surface area contributed by atoms with Gasteiger partial charge in [-0.05, 0) is 56.0 Å². The third-order valence-electron chi connectivity index (χ3n) is 5.77. The van der Waals surface area contributed by atoms with E-state index in [1.807, 2.05) is 37.3 Å². The van der Waals surface area contributed by atoms with E-state index in [1.54, 1.807) is 28.6 Å². The van der Waals surface area contributed by atoms with E-state index in [4.69, 9.17) is 4.42 Å². The second kappa shape index (κ2) is 9.24. The quantitative estimate of drug-likeness (QED) is 0.590. The van der Waals surface area contributed by atoms with Crippen LogP contribution in [0.1, 0.15) is 50.0 Å². The number of sulfonamides is 1. The minimum atomic E-state index is -3.42. The van der Waals surface area contributed by atoms with Crippen molar-refractivity contribution < 1.29 is 17.6 Å². The Kier molecular flexibility index (Phi) is 6.43. The summed E-state index contributed by atoms with van der Waals surface area (Å²) in [6, 6.07) is 16.4. The molecule has 0 bridgehead atoms. The molecule has 1 N–H and O–H groups in total. The molecule has 1 fully saturated rings. The third kappa shape index (κ3) is 4.99. The van der Waals surface area contributed by atoms with E-state index in [-0.39, 0.29) is 11.9 Å². The molecule has 31 heavy (non-hydrogen) atoms. The van der Waals surface area contributed by atoms with E-state index in [9.17, 15) is 13.2 Å². The van der Waals surface area contributed by atoms with E-state index in [1.165, 1.54) is 0 Å². The van der Waals surface area contributed by atoms with Gasteiger partial charge in [-0.3, -0.25) is 4.79 Å². The van der Waals surface area contributed by atoms with Crippen LogP contribution in [-0.2, 0) is 21.2 Å². The molecule has 1 aromatic heterocycles. The van der Waals surface area contributed by atoms with Crippen LogP contribution in [0, 0.1) is 0 Å². The summed E-state index contributed by atoms with van der Waals surface area (Å²) in [5, 5.41) is 3.98. The highest BCUT2D eigenvalue weighted by Gasteiger charge is 2.25. The van der Waals surface area contributed by atoms with Gasteiger partial charge in [0.05, 0.1) is 10.9 Å². The first-order chi connectivity index (χ1) is 14.9. The molecular weight excluding hydrogens is 412 g/mol. The van der Waals surface area contributed by atoms with Gasteiger partial charge in [-0.1, -0.05) is 36.8 Å². The molecule has 1 saturated heterocycles. The second-order valence-electron chi connectivity index (χ2n) is 8.08. The van der Waals surface area contributed by atoms with Gasteiger partial charge in [-0.2, -0.15) is 4.31 Å². The Morgan fingerprint density at radius 1 is 1.06 bits per heavy atom. The maximum absolute atomic E-state index is 12.7. The summed E-state index contributed by atoms with van der Waals surface area (Å²) < 4.78 is 32.9. The minimum absolute atomic E-state index is 0.0713. The fourth-order valence-corrected chi connectivity index (χ4v) is 5.46. The van der Waals surface area contributed by atoms with Crippen molar-refractivity contribution in [3.8, 4) is 0 Å². The molecule has 0 aliphatic carbocycles. The molecule has 0 radical (unpaired) electrons.